The second kappa shape index (κ2) is 9.46. The zero-order valence-electron chi connectivity index (χ0n) is 16.0. The molecule has 0 aliphatic carbocycles. The van der Waals surface area contributed by atoms with Crippen molar-refractivity contribution in [2.24, 2.45) is 0 Å². The van der Waals surface area contributed by atoms with Crippen molar-refractivity contribution in [2.75, 3.05) is 25.1 Å². The molecule has 1 saturated heterocycles. The summed E-state index contributed by atoms with van der Waals surface area (Å²) in [7, 11) is 0. The minimum atomic E-state index is -0.244. The molecule has 0 bridgehead atoms. The number of nitrogens with one attached hydrogen (secondary N) is 1. The van der Waals surface area contributed by atoms with Gasteiger partial charge in [-0.3, -0.25) is 9.59 Å². The summed E-state index contributed by atoms with van der Waals surface area (Å²) in [6, 6.07) is 13.6. The van der Waals surface area contributed by atoms with Crippen LogP contribution in [0, 0.1) is 5.82 Å². The monoisotopic (exact) mass is 384 g/mol. The number of hydrogen-bond donors (Lipinski definition) is 1. The lowest BCUT2D eigenvalue weighted by Gasteiger charge is -2.33. The number of morpholine rings is 1. The van der Waals surface area contributed by atoms with Gasteiger partial charge in [-0.2, -0.15) is 0 Å². The average molecular weight is 384 g/mol. The molecule has 0 radical (unpaired) electrons. The van der Waals surface area contributed by atoms with E-state index >= 15 is 0 Å². The van der Waals surface area contributed by atoms with E-state index in [9.17, 15) is 14.0 Å². The van der Waals surface area contributed by atoms with Gasteiger partial charge >= 0.3 is 0 Å². The quantitative estimate of drug-likeness (QED) is 0.827. The maximum absolute atomic E-state index is 13.6. The van der Waals surface area contributed by atoms with Crippen LogP contribution >= 0.6 is 0 Å². The largest absolute Gasteiger partial charge is 0.377 e. The predicted octanol–water partition coefficient (Wildman–Crippen LogP) is 3.65. The number of hydrogen-bond acceptors (Lipinski definition) is 3. The minimum Gasteiger partial charge on any atom is -0.377 e. The molecular formula is C22H25FN2O3. The fourth-order valence-corrected chi connectivity index (χ4v) is 3.29. The van der Waals surface area contributed by atoms with E-state index in [0.717, 1.165) is 0 Å². The van der Waals surface area contributed by atoms with E-state index in [1.54, 1.807) is 47.4 Å². The van der Waals surface area contributed by atoms with Crippen LogP contribution in [0.2, 0.25) is 0 Å². The van der Waals surface area contributed by atoms with Crippen LogP contribution in [0.1, 0.15) is 35.7 Å². The molecule has 3 rings (SSSR count). The molecule has 2 aromatic rings. The highest BCUT2D eigenvalue weighted by Gasteiger charge is 2.24. The highest BCUT2D eigenvalue weighted by atomic mass is 19.1. The third kappa shape index (κ3) is 5.16. The van der Waals surface area contributed by atoms with Crippen LogP contribution in [0.15, 0.2) is 48.5 Å². The first-order chi connectivity index (χ1) is 13.5. The first kappa shape index (κ1) is 20.0. The van der Waals surface area contributed by atoms with E-state index in [4.69, 9.17) is 4.74 Å². The Morgan fingerprint density at radius 3 is 2.82 bits per heavy atom. The molecule has 6 heteroatoms. The van der Waals surface area contributed by atoms with Crippen molar-refractivity contribution in [3.05, 3.63) is 65.5 Å². The highest BCUT2D eigenvalue weighted by molar-refractivity contribution is 5.97. The maximum Gasteiger partial charge on any atom is 0.254 e. The van der Waals surface area contributed by atoms with E-state index in [2.05, 4.69) is 5.32 Å². The summed E-state index contributed by atoms with van der Waals surface area (Å²) in [4.78, 5) is 26.7. The summed E-state index contributed by atoms with van der Waals surface area (Å²) >= 11 is 0. The number of rotatable bonds is 6. The SMILES string of the molecule is CC1COCCN1C(=O)c1cccc(NC(=O)CCCc2ccccc2F)c1. The fraction of sp³-hybridized carbons (Fsp3) is 0.364. The van der Waals surface area contributed by atoms with E-state index < -0.39 is 0 Å². The maximum atomic E-state index is 13.6. The summed E-state index contributed by atoms with van der Waals surface area (Å²) in [6.07, 6.45) is 1.34. The van der Waals surface area contributed by atoms with Crippen LogP contribution in [-0.2, 0) is 16.0 Å². The number of ether oxygens (including phenoxy) is 1. The van der Waals surface area contributed by atoms with Crippen molar-refractivity contribution < 1.29 is 18.7 Å². The lowest BCUT2D eigenvalue weighted by Crippen LogP contribution is -2.47. The predicted molar refractivity (Wildman–Crippen MR) is 106 cm³/mol. The summed E-state index contributed by atoms with van der Waals surface area (Å²) in [6.45, 7) is 3.59. The molecule has 1 fully saturated rings. The normalized spacial score (nSPS) is 16.6. The smallest absolute Gasteiger partial charge is 0.254 e. The van der Waals surface area contributed by atoms with Crippen LogP contribution < -0.4 is 5.32 Å². The molecule has 1 aliphatic rings. The van der Waals surface area contributed by atoms with Crippen LogP contribution in [0.3, 0.4) is 0 Å². The first-order valence-electron chi connectivity index (χ1n) is 9.56. The highest BCUT2D eigenvalue weighted by Crippen LogP contribution is 2.17. The Labute approximate surface area is 164 Å². The molecule has 28 heavy (non-hydrogen) atoms. The number of aryl methyl sites for hydroxylation is 1. The number of nitrogens with zero attached hydrogens (tertiary/aromatic N) is 1. The van der Waals surface area contributed by atoms with Gasteiger partial charge in [0.15, 0.2) is 0 Å². The van der Waals surface area contributed by atoms with Crippen LogP contribution in [-0.4, -0.2) is 42.5 Å². The number of amides is 2. The zero-order valence-corrected chi connectivity index (χ0v) is 16.0. The van der Waals surface area contributed by atoms with E-state index in [1.807, 2.05) is 6.92 Å². The average Bonchev–Trinajstić information content (AvgIpc) is 2.69. The molecule has 2 amide bonds. The van der Waals surface area contributed by atoms with Crippen LogP contribution in [0.5, 0.6) is 0 Å². The summed E-state index contributed by atoms with van der Waals surface area (Å²) in [5, 5.41) is 2.82. The Morgan fingerprint density at radius 2 is 2.04 bits per heavy atom. The molecule has 1 unspecified atom stereocenters. The summed E-state index contributed by atoms with van der Waals surface area (Å²) < 4.78 is 19.0. The molecule has 5 nitrogen and oxygen atoms in total. The van der Waals surface area contributed by atoms with Crippen molar-refractivity contribution in [1.29, 1.82) is 0 Å². The van der Waals surface area contributed by atoms with Gasteiger partial charge in [-0.1, -0.05) is 24.3 Å². The van der Waals surface area contributed by atoms with Crippen LogP contribution in [0.4, 0.5) is 10.1 Å². The van der Waals surface area contributed by atoms with Gasteiger partial charge in [0.05, 0.1) is 19.3 Å². The molecular weight excluding hydrogens is 359 g/mol. The van der Waals surface area contributed by atoms with Gasteiger partial charge in [0.1, 0.15) is 5.82 Å². The van der Waals surface area contributed by atoms with Crippen molar-refractivity contribution in [3.8, 4) is 0 Å². The first-order valence-corrected chi connectivity index (χ1v) is 9.56. The Bertz CT molecular complexity index is 840. The van der Waals surface area contributed by atoms with E-state index in [1.165, 1.54) is 6.07 Å². The lowest BCUT2D eigenvalue weighted by atomic mass is 10.1. The number of carbonyl (C=O) groups excluding carboxylic acids is 2. The van der Waals surface area contributed by atoms with Crippen LogP contribution in [0.25, 0.3) is 0 Å². The number of anilines is 1. The van der Waals surface area contributed by atoms with Crippen molar-refractivity contribution >= 4 is 17.5 Å². The minimum absolute atomic E-state index is 0.0258. The molecule has 0 aromatic heterocycles. The standard InChI is InChI=1S/C22H25FN2O3/c1-16-15-28-13-12-25(16)22(27)18-8-4-9-19(14-18)24-21(26)11-5-7-17-6-2-3-10-20(17)23/h2-4,6,8-10,14,16H,5,7,11-13,15H2,1H3,(H,24,26). The molecule has 148 valence electrons. The molecule has 1 heterocycles. The number of carbonyl (C=O) groups is 2. The molecule has 0 spiro atoms. The third-order valence-corrected chi connectivity index (χ3v) is 4.83. The van der Waals surface area contributed by atoms with Gasteiger partial charge in [-0.25, -0.2) is 4.39 Å². The zero-order chi connectivity index (χ0) is 19.9. The van der Waals surface area contributed by atoms with E-state index in [0.29, 0.717) is 49.4 Å². The van der Waals surface area contributed by atoms with Gasteiger partial charge in [-0.15, -0.1) is 0 Å². The third-order valence-electron chi connectivity index (χ3n) is 4.83. The lowest BCUT2D eigenvalue weighted by molar-refractivity contribution is -0.116. The Morgan fingerprint density at radius 1 is 1.21 bits per heavy atom. The molecule has 1 aliphatic heterocycles. The summed E-state index contributed by atoms with van der Waals surface area (Å²) in [5.41, 5.74) is 1.74. The van der Waals surface area contributed by atoms with Gasteiger partial charge in [0.25, 0.3) is 5.91 Å². The van der Waals surface area contributed by atoms with Gasteiger partial charge in [0.2, 0.25) is 5.91 Å². The Balaban J connectivity index is 1.54. The van der Waals surface area contributed by atoms with Gasteiger partial charge in [0, 0.05) is 24.2 Å². The van der Waals surface area contributed by atoms with Gasteiger partial charge < -0.3 is 15.0 Å². The molecule has 2 aromatic carbocycles. The topological polar surface area (TPSA) is 58.6 Å². The molecule has 1 atom stereocenters. The van der Waals surface area contributed by atoms with Crippen molar-refractivity contribution in [2.45, 2.75) is 32.2 Å². The number of halogens is 1. The second-order valence-corrected chi connectivity index (χ2v) is 7.00. The van der Waals surface area contributed by atoms with E-state index in [-0.39, 0.29) is 30.1 Å². The number of benzene rings is 2. The molecule has 1 N–H and O–H groups in total. The molecule has 0 saturated carbocycles. The second-order valence-electron chi connectivity index (χ2n) is 7.00. The Hall–Kier alpha value is -2.73. The van der Waals surface area contributed by atoms with Gasteiger partial charge in [-0.05, 0) is 49.6 Å². The fourth-order valence-electron chi connectivity index (χ4n) is 3.29. The van der Waals surface area contributed by atoms with Crippen molar-refractivity contribution in [1.82, 2.24) is 4.90 Å². The van der Waals surface area contributed by atoms with Crippen molar-refractivity contribution in [3.63, 3.8) is 0 Å². The Kier molecular flexibility index (Phi) is 6.76. The summed E-state index contributed by atoms with van der Waals surface area (Å²) in [5.74, 6) is -0.460.